The molecule has 0 aliphatic carbocycles. The lowest BCUT2D eigenvalue weighted by Gasteiger charge is -1.95. The van der Waals surface area contributed by atoms with Crippen molar-refractivity contribution in [1.82, 2.24) is 9.97 Å². The minimum atomic E-state index is -0.308. The molecule has 0 unspecified atom stereocenters. The Bertz CT molecular complexity index is 568. The number of thiazole rings is 1. The normalized spacial score (nSPS) is 10.6. The molecule has 0 amide bonds. The highest BCUT2D eigenvalue weighted by Gasteiger charge is 2.06. The van der Waals surface area contributed by atoms with Crippen molar-refractivity contribution in [2.75, 3.05) is 12.5 Å². The number of esters is 1. The third-order valence-corrected chi connectivity index (χ3v) is 2.98. The molecule has 0 spiro atoms. The van der Waals surface area contributed by atoms with E-state index in [4.69, 9.17) is 0 Å². The fourth-order valence-corrected chi connectivity index (χ4v) is 1.93. The molecule has 6 nitrogen and oxygen atoms in total. The standard InChI is InChI=1S/C12H12N4O2S/c1-18-11(17)6-10-8-19-12(15-10)16-14-7-9-2-4-13-5-3-9/h2-5,7-8H,6H2,1H3,(H,15,16)/b14-7-. The van der Waals surface area contributed by atoms with Crippen LogP contribution in [-0.4, -0.2) is 29.3 Å². The second kappa shape index (κ2) is 6.60. The number of nitrogens with one attached hydrogen (secondary N) is 1. The summed E-state index contributed by atoms with van der Waals surface area (Å²) in [6, 6.07) is 3.69. The molecule has 2 heterocycles. The van der Waals surface area contributed by atoms with Crippen LogP contribution in [0.1, 0.15) is 11.3 Å². The first-order chi connectivity index (χ1) is 9.28. The zero-order valence-corrected chi connectivity index (χ0v) is 11.1. The van der Waals surface area contributed by atoms with E-state index in [1.54, 1.807) is 24.0 Å². The number of anilines is 1. The van der Waals surface area contributed by atoms with Crippen molar-refractivity contribution in [2.24, 2.45) is 5.10 Å². The van der Waals surface area contributed by atoms with Crippen LogP contribution in [-0.2, 0) is 16.0 Å². The van der Waals surface area contributed by atoms with Gasteiger partial charge in [-0.3, -0.25) is 15.2 Å². The van der Waals surface area contributed by atoms with Gasteiger partial charge in [0.05, 0.1) is 25.4 Å². The lowest BCUT2D eigenvalue weighted by atomic mass is 10.3. The number of carbonyl (C=O) groups excluding carboxylic acids is 1. The number of hydrogen-bond acceptors (Lipinski definition) is 7. The van der Waals surface area contributed by atoms with Gasteiger partial charge in [0.1, 0.15) is 0 Å². The molecule has 2 rings (SSSR count). The molecule has 98 valence electrons. The molecule has 2 aromatic rings. The highest BCUT2D eigenvalue weighted by Crippen LogP contribution is 2.15. The molecule has 19 heavy (non-hydrogen) atoms. The minimum Gasteiger partial charge on any atom is -0.469 e. The van der Waals surface area contributed by atoms with E-state index in [2.05, 4.69) is 25.2 Å². The minimum absolute atomic E-state index is 0.169. The number of pyridine rings is 1. The number of ether oxygens (including phenoxy) is 1. The van der Waals surface area contributed by atoms with Gasteiger partial charge in [-0.1, -0.05) is 0 Å². The Hall–Kier alpha value is -2.28. The lowest BCUT2D eigenvalue weighted by molar-refractivity contribution is -0.139. The summed E-state index contributed by atoms with van der Waals surface area (Å²) in [7, 11) is 1.35. The predicted octanol–water partition coefficient (Wildman–Crippen LogP) is 1.70. The third kappa shape index (κ3) is 4.14. The molecular weight excluding hydrogens is 264 g/mol. The summed E-state index contributed by atoms with van der Waals surface area (Å²) < 4.78 is 4.57. The average Bonchev–Trinajstić information content (AvgIpc) is 2.87. The van der Waals surface area contributed by atoms with Gasteiger partial charge in [0, 0.05) is 17.8 Å². The summed E-state index contributed by atoms with van der Waals surface area (Å²) >= 11 is 1.38. The molecular formula is C12H12N4O2S. The van der Waals surface area contributed by atoms with E-state index in [9.17, 15) is 4.79 Å². The highest BCUT2D eigenvalue weighted by molar-refractivity contribution is 7.13. The monoisotopic (exact) mass is 276 g/mol. The van der Waals surface area contributed by atoms with E-state index in [0.29, 0.717) is 10.8 Å². The molecule has 0 aliphatic heterocycles. The molecule has 0 fully saturated rings. The fourth-order valence-electron chi connectivity index (χ4n) is 1.27. The maximum Gasteiger partial charge on any atom is 0.311 e. The Kier molecular flexibility index (Phi) is 4.57. The molecule has 0 saturated carbocycles. The summed E-state index contributed by atoms with van der Waals surface area (Å²) in [5.74, 6) is -0.308. The molecule has 0 bridgehead atoms. The number of hydrazone groups is 1. The van der Waals surface area contributed by atoms with Crippen LogP contribution < -0.4 is 5.43 Å². The quantitative estimate of drug-likeness (QED) is 0.511. The van der Waals surface area contributed by atoms with Crippen LogP contribution in [0.2, 0.25) is 0 Å². The molecule has 0 saturated heterocycles. The second-order valence-electron chi connectivity index (χ2n) is 3.55. The van der Waals surface area contributed by atoms with Crippen molar-refractivity contribution >= 4 is 28.7 Å². The summed E-state index contributed by atoms with van der Waals surface area (Å²) in [4.78, 5) is 19.2. The van der Waals surface area contributed by atoms with Crippen molar-refractivity contribution in [3.8, 4) is 0 Å². The summed E-state index contributed by atoms with van der Waals surface area (Å²) in [5, 5.41) is 6.48. The molecule has 2 aromatic heterocycles. The van der Waals surface area contributed by atoms with Crippen LogP contribution >= 0.6 is 11.3 Å². The molecule has 7 heteroatoms. The van der Waals surface area contributed by atoms with E-state index in [1.165, 1.54) is 18.4 Å². The zero-order chi connectivity index (χ0) is 13.5. The first kappa shape index (κ1) is 13.2. The van der Waals surface area contributed by atoms with Gasteiger partial charge in [0.15, 0.2) is 0 Å². The van der Waals surface area contributed by atoms with Gasteiger partial charge in [0.2, 0.25) is 5.13 Å². The molecule has 1 N–H and O–H groups in total. The first-order valence-electron chi connectivity index (χ1n) is 5.48. The Morgan fingerprint density at radius 1 is 1.53 bits per heavy atom. The van der Waals surface area contributed by atoms with Crippen molar-refractivity contribution in [1.29, 1.82) is 0 Å². The molecule has 0 atom stereocenters. The fraction of sp³-hybridized carbons (Fsp3) is 0.167. The van der Waals surface area contributed by atoms with Crippen LogP contribution in [0.4, 0.5) is 5.13 Å². The van der Waals surface area contributed by atoms with Crippen molar-refractivity contribution in [3.05, 3.63) is 41.2 Å². The van der Waals surface area contributed by atoms with Crippen LogP contribution in [0.25, 0.3) is 0 Å². The Morgan fingerprint density at radius 3 is 3.05 bits per heavy atom. The molecule has 0 radical (unpaired) electrons. The maximum absolute atomic E-state index is 11.1. The van der Waals surface area contributed by atoms with Crippen LogP contribution in [0.15, 0.2) is 35.0 Å². The van der Waals surface area contributed by atoms with E-state index in [0.717, 1.165) is 5.56 Å². The third-order valence-electron chi connectivity index (χ3n) is 2.18. The number of nitrogens with zero attached hydrogens (tertiary/aromatic N) is 3. The number of rotatable bonds is 5. The van der Waals surface area contributed by atoms with Crippen molar-refractivity contribution in [3.63, 3.8) is 0 Å². The largest absolute Gasteiger partial charge is 0.469 e. The summed E-state index contributed by atoms with van der Waals surface area (Å²) in [5.41, 5.74) is 4.41. The average molecular weight is 276 g/mol. The summed E-state index contributed by atoms with van der Waals surface area (Å²) in [6.07, 6.45) is 5.23. The first-order valence-corrected chi connectivity index (χ1v) is 6.36. The van der Waals surface area contributed by atoms with Gasteiger partial charge < -0.3 is 4.74 Å². The van der Waals surface area contributed by atoms with Gasteiger partial charge >= 0.3 is 5.97 Å². The zero-order valence-electron chi connectivity index (χ0n) is 10.2. The van der Waals surface area contributed by atoms with Gasteiger partial charge in [-0.2, -0.15) is 5.10 Å². The SMILES string of the molecule is COC(=O)Cc1csc(N/N=C\c2ccncc2)n1. The smallest absolute Gasteiger partial charge is 0.311 e. The number of methoxy groups -OCH3 is 1. The highest BCUT2D eigenvalue weighted by atomic mass is 32.1. The maximum atomic E-state index is 11.1. The topological polar surface area (TPSA) is 76.5 Å². The van der Waals surface area contributed by atoms with E-state index < -0.39 is 0 Å². The van der Waals surface area contributed by atoms with E-state index in [-0.39, 0.29) is 12.4 Å². The molecule has 0 aromatic carbocycles. The Morgan fingerprint density at radius 2 is 2.32 bits per heavy atom. The van der Waals surface area contributed by atoms with Crippen LogP contribution in [0.5, 0.6) is 0 Å². The summed E-state index contributed by atoms with van der Waals surface area (Å²) in [6.45, 7) is 0. The van der Waals surface area contributed by atoms with Crippen LogP contribution in [0, 0.1) is 0 Å². The van der Waals surface area contributed by atoms with Gasteiger partial charge in [-0.05, 0) is 17.7 Å². The Labute approximate surface area is 114 Å². The van der Waals surface area contributed by atoms with Gasteiger partial charge in [0.25, 0.3) is 0 Å². The predicted molar refractivity (Wildman–Crippen MR) is 73.3 cm³/mol. The molecule has 0 aliphatic rings. The van der Waals surface area contributed by atoms with Crippen LogP contribution in [0.3, 0.4) is 0 Å². The van der Waals surface area contributed by atoms with E-state index >= 15 is 0 Å². The number of hydrogen-bond donors (Lipinski definition) is 1. The Balaban J connectivity index is 1.90. The van der Waals surface area contributed by atoms with Gasteiger partial charge in [-0.15, -0.1) is 11.3 Å². The van der Waals surface area contributed by atoms with Gasteiger partial charge in [-0.25, -0.2) is 4.98 Å². The van der Waals surface area contributed by atoms with E-state index in [1.807, 2.05) is 12.1 Å². The van der Waals surface area contributed by atoms with Crippen molar-refractivity contribution in [2.45, 2.75) is 6.42 Å². The van der Waals surface area contributed by atoms with Crippen molar-refractivity contribution < 1.29 is 9.53 Å². The lowest BCUT2D eigenvalue weighted by Crippen LogP contribution is -2.04. The number of aromatic nitrogens is 2. The number of carbonyl (C=O) groups is 1. The second-order valence-corrected chi connectivity index (χ2v) is 4.41.